The third-order valence-corrected chi connectivity index (χ3v) is 3.74. The zero-order valence-electron chi connectivity index (χ0n) is 12.7. The van der Waals surface area contributed by atoms with Gasteiger partial charge < -0.3 is 10.6 Å². The summed E-state index contributed by atoms with van der Waals surface area (Å²) in [5.74, 6) is 0. The number of rotatable bonds is 2. The Kier molecular flexibility index (Phi) is 5.32. The van der Waals surface area contributed by atoms with E-state index in [1.165, 1.54) is 5.56 Å². The van der Waals surface area contributed by atoms with E-state index in [2.05, 4.69) is 37.5 Å². The van der Waals surface area contributed by atoms with Crippen LogP contribution in [-0.4, -0.2) is 5.11 Å². The molecule has 0 radical (unpaired) electrons. The zero-order valence-corrected chi connectivity index (χ0v) is 15.0. The molecule has 0 amide bonds. The molecule has 0 spiro atoms. The van der Waals surface area contributed by atoms with Crippen molar-refractivity contribution in [2.24, 2.45) is 0 Å². The fraction of sp³-hybridized carbons (Fsp3) is 0.235. The SMILES string of the molecule is CC(C)(C)c1ccccc1NC(=S)Nc1cc(Cl)cc(Cl)c1. The van der Waals surface area contributed by atoms with Crippen LogP contribution in [0.25, 0.3) is 0 Å². The molecule has 0 aliphatic rings. The number of para-hydroxylation sites is 1. The van der Waals surface area contributed by atoms with E-state index in [1.54, 1.807) is 18.2 Å². The third-order valence-electron chi connectivity index (χ3n) is 3.10. The predicted molar refractivity (Wildman–Crippen MR) is 101 cm³/mol. The van der Waals surface area contributed by atoms with Gasteiger partial charge in [-0.15, -0.1) is 0 Å². The maximum atomic E-state index is 5.99. The molecule has 2 nitrogen and oxygen atoms in total. The fourth-order valence-electron chi connectivity index (χ4n) is 2.16. The highest BCUT2D eigenvalue weighted by atomic mass is 35.5. The Morgan fingerprint density at radius 2 is 1.55 bits per heavy atom. The Balaban J connectivity index is 2.16. The number of halogens is 2. The molecule has 0 saturated heterocycles. The first kappa shape index (κ1) is 17.1. The summed E-state index contributed by atoms with van der Waals surface area (Å²) >= 11 is 17.4. The van der Waals surface area contributed by atoms with Crippen LogP contribution in [0.5, 0.6) is 0 Å². The van der Waals surface area contributed by atoms with Crippen molar-refractivity contribution >= 4 is 51.9 Å². The van der Waals surface area contributed by atoms with Gasteiger partial charge in [-0.2, -0.15) is 0 Å². The van der Waals surface area contributed by atoms with Gasteiger partial charge in [-0.3, -0.25) is 0 Å². The van der Waals surface area contributed by atoms with Crippen molar-refractivity contribution in [1.82, 2.24) is 0 Å². The normalized spacial score (nSPS) is 11.1. The highest BCUT2D eigenvalue weighted by Gasteiger charge is 2.17. The molecular weight excluding hydrogens is 335 g/mol. The van der Waals surface area contributed by atoms with Gasteiger partial charge >= 0.3 is 0 Å². The van der Waals surface area contributed by atoms with E-state index in [4.69, 9.17) is 35.4 Å². The van der Waals surface area contributed by atoms with Crippen LogP contribution in [0.4, 0.5) is 11.4 Å². The smallest absolute Gasteiger partial charge is 0.175 e. The van der Waals surface area contributed by atoms with E-state index in [0.717, 1.165) is 11.4 Å². The summed E-state index contributed by atoms with van der Waals surface area (Å²) in [5.41, 5.74) is 2.96. The minimum atomic E-state index is 0.0264. The topological polar surface area (TPSA) is 24.1 Å². The van der Waals surface area contributed by atoms with Crippen molar-refractivity contribution in [3.05, 3.63) is 58.1 Å². The summed E-state index contributed by atoms with van der Waals surface area (Å²) < 4.78 is 0. The summed E-state index contributed by atoms with van der Waals surface area (Å²) in [6.07, 6.45) is 0. The van der Waals surface area contributed by atoms with Crippen LogP contribution in [0.1, 0.15) is 26.3 Å². The minimum Gasteiger partial charge on any atom is -0.332 e. The van der Waals surface area contributed by atoms with Crippen molar-refractivity contribution in [3.8, 4) is 0 Å². The van der Waals surface area contributed by atoms with Crippen molar-refractivity contribution in [1.29, 1.82) is 0 Å². The predicted octanol–water partition coefficient (Wildman–Crippen LogP) is 6.10. The number of nitrogens with one attached hydrogen (secondary N) is 2. The van der Waals surface area contributed by atoms with Gasteiger partial charge in [-0.05, 0) is 47.5 Å². The van der Waals surface area contributed by atoms with E-state index < -0.39 is 0 Å². The average Bonchev–Trinajstić information content (AvgIpc) is 2.36. The molecule has 5 heteroatoms. The van der Waals surface area contributed by atoms with Crippen molar-refractivity contribution in [3.63, 3.8) is 0 Å². The van der Waals surface area contributed by atoms with Crippen molar-refractivity contribution in [2.45, 2.75) is 26.2 Å². The molecule has 2 N–H and O–H groups in total. The molecule has 0 saturated carbocycles. The Morgan fingerprint density at radius 1 is 0.955 bits per heavy atom. The molecule has 0 aromatic heterocycles. The van der Waals surface area contributed by atoms with Gasteiger partial charge in [0.2, 0.25) is 0 Å². The molecule has 0 heterocycles. The van der Waals surface area contributed by atoms with Crippen LogP contribution in [0.3, 0.4) is 0 Å². The summed E-state index contributed by atoms with van der Waals surface area (Å²) in [6, 6.07) is 13.4. The van der Waals surface area contributed by atoms with Gasteiger partial charge in [0.1, 0.15) is 0 Å². The van der Waals surface area contributed by atoms with E-state index in [0.29, 0.717) is 15.2 Å². The summed E-state index contributed by atoms with van der Waals surface area (Å²) in [5, 5.41) is 7.96. The lowest BCUT2D eigenvalue weighted by Crippen LogP contribution is -2.22. The standard InChI is InChI=1S/C17H18Cl2N2S/c1-17(2,3)14-6-4-5-7-15(14)21-16(22)20-13-9-11(18)8-12(19)10-13/h4-10H,1-3H3,(H2,20,21,22). The highest BCUT2D eigenvalue weighted by Crippen LogP contribution is 2.29. The summed E-state index contributed by atoms with van der Waals surface area (Å²) in [4.78, 5) is 0. The highest BCUT2D eigenvalue weighted by molar-refractivity contribution is 7.80. The third kappa shape index (κ3) is 4.60. The first-order valence-electron chi connectivity index (χ1n) is 6.89. The molecule has 0 fully saturated rings. The molecule has 0 atom stereocenters. The molecular formula is C17H18Cl2N2S. The first-order valence-corrected chi connectivity index (χ1v) is 8.06. The molecule has 0 unspecified atom stereocenters. The molecule has 0 aliphatic heterocycles. The van der Waals surface area contributed by atoms with Gasteiger partial charge in [0, 0.05) is 21.4 Å². The van der Waals surface area contributed by atoms with Gasteiger partial charge in [0.15, 0.2) is 5.11 Å². The van der Waals surface area contributed by atoms with E-state index in [-0.39, 0.29) is 5.41 Å². The molecule has 0 bridgehead atoms. The van der Waals surface area contributed by atoms with Crippen LogP contribution in [0.2, 0.25) is 10.0 Å². The van der Waals surface area contributed by atoms with E-state index in [9.17, 15) is 0 Å². The van der Waals surface area contributed by atoms with Crippen LogP contribution in [0, 0.1) is 0 Å². The number of benzene rings is 2. The van der Waals surface area contributed by atoms with Crippen molar-refractivity contribution in [2.75, 3.05) is 10.6 Å². The van der Waals surface area contributed by atoms with Gasteiger partial charge in [-0.1, -0.05) is 62.2 Å². The van der Waals surface area contributed by atoms with Crippen LogP contribution < -0.4 is 10.6 Å². The van der Waals surface area contributed by atoms with E-state index >= 15 is 0 Å². The number of hydrogen-bond donors (Lipinski definition) is 2. The number of thiocarbonyl (C=S) groups is 1. The monoisotopic (exact) mass is 352 g/mol. The maximum absolute atomic E-state index is 5.99. The molecule has 2 aromatic carbocycles. The zero-order chi connectivity index (χ0) is 16.3. The fourth-order valence-corrected chi connectivity index (χ4v) is 2.91. The lowest BCUT2D eigenvalue weighted by molar-refractivity contribution is 0.592. The van der Waals surface area contributed by atoms with Crippen LogP contribution in [-0.2, 0) is 5.41 Å². The molecule has 0 aliphatic carbocycles. The van der Waals surface area contributed by atoms with Crippen molar-refractivity contribution < 1.29 is 0 Å². The molecule has 2 rings (SSSR count). The second-order valence-electron chi connectivity index (χ2n) is 6.03. The van der Waals surface area contributed by atoms with E-state index in [1.807, 2.05) is 18.2 Å². The minimum absolute atomic E-state index is 0.0264. The Bertz CT molecular complexity index is 673. The van der Waals surface area contributed by atoms with Gasteiger partial charge in [-0.25, -0.2) is 0 Å². The lowest BCUT2D eigenvalue weighted by atomic mass is 9.86. The largest absolute Gasteiger partial charge is 0.332 e. The van der Waals surface area contributed by atoms with Crippen LogP contribution in [0.15, 0.2) is 42.5 Å². The second-order valence-corrected chi connectivity index (χ2v) is 7.31. The quantitative estimate of drug-likeness (QED) is 0.638. The Morgan fingerprint density at radius 3 is 2.14 bits per heavy atom. The van der Waals surface area contributed by atoms with Gasteiger partial charge in [0.25, 0.3) is 0 Å². The molecule has 2 aromatic rings. The number of hydrogen-bond acceptors (Lipinski definition) is 1. The Hall–Kier alpha value is -1.29. The van der Waals surface area contributed by atoms with Crippen LogP contribution >= 0.6 is 35.4 Å². The first-order chi connectivity index (χ1) is 10.3. The van der Waals surface area contributed by atoms with Gasteiger partial charge in [0.05, 0.1) is 0 Å². The number of anilines is 2. The molecule has 22 heavy (non-hydrogen) atoms. The Labute approximate surface area is 146 Å². The average molecular weight is 353 g/mol. The summed E-state index contributed by atoms with van der Waals surface area (Å²) in [6.45, 7) is 6.50. The summed E-state index contributed by atoms with van der Waals surface area (Å²) in [7, 11) is 0. The molecule has 116 valence electrons. The second kappa shape index (κ2) is 6.86. The lowest BCUT2D eigenvalue weighted by Gasteiger charge is -2.23. The maximum Gasteiger partial charge on any atom is 0.175 e.